The molecule has 1 unspecified atom stereocenters. The molecule has 0 fully saturated rings. The van der Waals surface area contributed by atoms with Gasteiger partial charge in [0, 0.05) is 29.2 Å². The van der Waals surface area contributed by atoms with Gasteiger partial charge in [0.15, 0.2) is 0 Å². The van der Waals surface area contributed by atoms with Crippen LogP contribution >= 0.6 is 23.2 Å². The highest BCUT2D eigenvalue weighted by Crippen LogP contribution is 2.27. The lowest BCUT2D eigenvalue weighted by Gasteiger charge is -2.21. The fourth-order valence-electron chi connectivity index (χ4n) is 1.98. The van der Waals surface area contributed by atoms with E-state index >= 15 is 0 Å². The van der Waals surface area contributed by atoms with Crippen LogP contribution < -0.4 is 10.6 Å². The van der Waals surface area contributed by atoms with E-state index in [4.69, 9.17) is 27.9 Å². The van der Waals surface area contributed by atoms with Crippen molar-refractivity contribution in [1.29, 1.82) is 0 Å². The van der Waals surface area contributed by atoms with Crippen LogP contribution in [0.2, 0.25) is 10.0 Å². The summed E-state index contributed by atoms with van der Waals surface area (Å²) in [6, 6.07) is 5.60. The van der Waals surface area contributed by atoms with Crippen LogP contribution in [0.25, 0.3) is 0 Å². The van der Waals surface area contributed by atoms with Crippen LogP contribution in [0.1, 0.15) is 45.7 Å². The molecular formula is C16H24Cl2N2O2. The lowest BCUT2D eigenvalue weighted by molar-refractivity contribution is 0.0528. The van der Waals surface area contributed by atoms with Crippen molar-refractivity contribution >= 4 is 29.3 Å². The molecule has 1 rings (SSSR count). The van der Waals surface area contributed by atoms with Gasteiger partial charge in [-0.05, 0) is 44.9 Å². The molecule has 0 radical (unpaired) electrons. The van der Waals surface area contributed by atoms with Crippen molar-refractivity contribution in [3.8, 4) is 0 Å². The summed E-state index contributed by atoms with van der Waals surface area (Å²) in [5.74, 6) is 0. The molecule has 0 aliphatic rings. The Labute approximate surface area is 142 Å². The summed E-state index contributed by atoms with van der Waals surface area (Å²) in [6.45, 7) is 8.68. The zero-order chi connectivity index (χ0) is 16.8. The standard InChI is InChI=1S/C16H24Cl2N2O2/c1-5-14(12-7-6-11(17)10-13(12)18)19-8-9-20-15(21)22-16(2,3)4/h6-7,10,14,19H,5,8-9H2,1-4H3,(H,20,21). The minimum Gasteiger partial charge on any atom is -0.444 e. The first-order valence-corrected chi connectivity index (χ1v) is 8.13. The Balaban J connectivity index is 2.43. The third-order valence-corrected chi connectivity index (χ3v) is 3.49. The zero-order valence-electron chi connectivity index (χ0n) is 13.5. The van der Waals surface area contributed by atoms with Gasteiger partial charge in [0.25, 0.3) is 0 Å². The van der Waals surface area contributed by atoms with Crippen LogP contribution in [-0.4, -0.2) is 24.8 Å². The molecule has 0 bridgehead atoms. The Morgan fingerprint density at radius 3 is 2.50 bits per heavy atom. The zero-order valence-corrected chi connectivity index (χ0v) is 15.0. The summed E-state index contributed by atoms with van der Waals surface area (Å²) in [6.07, 6.45) is 0.472. The Bertz CT molecular complexity index is 501. The molecule has 0 saturated heterocycles. The number of carbonyl (C=O) groups excluding carboxylic acids is 1. The summed E-state index contributed by atoms with van der Waals surface area (Å²) >= 11 is 12.1. The average molecular weight is 347 g/mol. The number of carbonyl (C=O) groups is 1. The quantitative estimate of drug-likeness (QED) is 0.742. The van der Waals surface area contributed by atoms with Gasteiger partial charge in [-0.25, -0.2) is 4.79 Å². The number of hydrogen-bond donors (Lipinski definition) is 2. The van der Waals surface area contributed by atoms with E-state index in [1.54, 1.807) is 6.07 Å². The minimum atomic E-state index is -0.486. The summed E-state index contributed by atoms with van der Waals surface area (Å²) in [5, 5.41) is 7.35. The van der Waals surface area contributed by atoms with Crippen LogP contribution in [-0.2, 0) is 4.74 Å². The second kappa shape index (κ2) is 8.61. The number of halogens is 2. The molecule has 1 aromatic carbocycles. The summed E-state index contributed by atoms with van der Waals surface area (Å²) in [5.41, 5.74) is 0.520. The Morgan fingerprint density at radius 1 is 1.27 bits per heavy atom. The molecule has 0 aliphatic carbocycles. The maximum atomic E-state index is 11.5. The molecule has 0 saturated carbocycles. The van der Waals surface area contributed by atoms with Gasteiger partial charge in [-0.1, -0.05) is 36.2 Å². The molecule has 22 heavy (non-hydrogen) atoms. The first-order chi connectivity index (χ1) is 10.2. The van der Waals surface area contributed by atoms with Crippen LogP contribution in [0.5, 0.6) is 0 Å². The Morgan fingerprint density at radius 2 is 1.95 bits per heavy atom. The lowest BCUT2D eigenvalue weighted by Crippen LogP contribution is -2.37. The van der Waals surface area contributed by atoms with E-state index in [2.05, 4.69) is 17.6 Å². The van der Waals surface area contributed by atoms with Gasteiger partial charge < -0.3 is 15.4 Å². The molecule has 124 valence electrons. The molecule has 0 aromatic heterocycles. The molecule has 6 heteroatoms. The van der Waals surface area contributed by atoms with E-state index in [0.29, 0.717) is 23.1 Å². The third-order valence-electron chi connectivity index (χ3n) is 2.93. The molecule has 0 aliphatic heterocycles. The molecule has 1 atom stereocenters. The number of benzene rings is 1. The predicted octanol–water partition coefficient (Wildman–Crippen LogP) is 4.56. The molecule has 1 aromatic rings. The minimum absolute atomic E-state index is 0.116. The molecule has 4 nitrogen and oxygen atoms in total. The summed E-state index contributed by atoms with van der Waals surface area (Å²) < 4.78 is 5.17. The number of alkyl carbamates (subject to hydrolysis) is 1. The number of nitrogens with one attached hydrogen (secondary N) is 2. The van der Waals surface area contributed by atoms with Crippen molar-refractivity contribution in [1.82, 2.24) is 10.6 Å². The third kappa shape index (κ3) is 6.86. The van der Waals surface area contributed by atoms with E-state index < -0.39 is 11.7 Å². The largest absolute Gasteiger partial charge is 0.444 e. The lowest BCUT2D eigenvalue weighted by atomic mass is 10.0. The van der Waals surface area contributed by atoms with Gasteiger partial charge in [0.2, 0.25) is 0 Å². The second-order valence-electron chi connectivity index (χ2n) is 6.01. The van der Waals surface area contributed by atoms with Crippen LogP contribution in [0.15, 0.2) is 18.2 Å². The van der Waals surface area contributed by atoms with Crippen LogP contribution in [0.3, 0.4) is 0 Å². The highest BCUT2D eigenvalue weighted by molar-refractivity contribution is 6.35. The van der Waals surface area contributed by atoms with Crippen molar-refractivity contribution in [3.05, 3.63) is 33.8 Å². The predicted molar refractivity (Wildman–Crippen MR) is 91.7 cm³/mol. The monoisotopic (exact) mass is 346 g/mol. The van der Waals surface area contributed by atoms with Gasteiger partial charge in [-0.15, -0.1) is 0 Å². The molecular weight excluding hydrogens is 323 g/mol. The van der Waals surface area contributed by atoms with Crippen molar-refractivity contribution in [2.45, 2.75) is 45.8 Å². The van der Waals surface area contributed by atoms with Gasteiger partial charge >= 0.3 is 6.09 Å². The number of hydrogen-bond acceptors (Lipinski definition) is 3. The maximum Gasteiger partial charge on any atom is 0.407 e. The summed E-state index contributed by atoms with van der Waals surface area (Å²) in [7, 11) is 0. The van der Waals surface area contributed by atoms with Crippen molar-refractivity contribution < 1.29 is 9.53 Å². The van der Waals surface area contributed by atoms with Crippen LogP contribution in [0, 0.1) is 0 Å². The summed E-state index contributed by atoms with van der Waals surface area (Å²) in [4.78, 5) is 11.5. The Hall–Kier alpha value is -0.970. The smallest absolute Gasteiger partial charge is 0.407 e. The highest BCUT2D eigenvalue weighted by Gasteiger charge is 2.16. The first-order valence-electron chi connectivity index (χ1n) is 7.38. The van der Waals surface area contributed by atoms with Crippen molar-refractivity contribution in [2.24, 2.45) is 0 Å². The van der Waals surface area contributed by atoms with E-state index in [-0.39, 0.29) is 6.04 Å². The number of amides is 1. The maximum absolute atomic E-state index is 11.5. The van der Waals surface area contributed by atoms with Crippen molar-refractivity contribution in [2.75, 3.05) is 13.1 Å². The second-order valence-corrected chi connectivity index (χ2v) is 6.85. The van der Waals surface area contributed by atoms with Gasteiger partial charge in [-0.2, -0.15) is 0 Å². The van der Waals surface area contributed by atoms with E-state index in [1.807, 2.05) is 32.9 Å². The molecule has 0 heterocycles. The van der Waals surface area contributed by atoms with Gasteiger partial charge in [0.1, 0.15) is 5.60 Å². The fraction of sp³-hybridized carbons (Fsp3) is 0.562. The SMILES string of the molecule is CCC(NCCNC(=O)OC(C)(C)C)c1ccc(Cl)cc1Cl. The Kier molecular flexibility index (Phi) is 7.46. The average Bonchev–Trinajstić information content (AvgIpc) is 2.38. The van der Waals surface area contributed by atoms with E-state index in [0.717, 1.165) is 12.0 Å². The normalized spacial score (nSPS) is 12.8. The van der Waals surface area contributed by atoms with E-state index in [1.165, 1.54) is 0 Å². The van der Waals surface area contributed by atoms with Crippen LogP contribution in [0.4, 0.5) is 4.79 Å². The molecule has 1 amide bonds. The number of rotatable bonds is 6. The topological polar surface area (TPSA) is 50.4 Å². The highest BCUT2D eigenvalue weighted by atomic mass is 35.5. The number of ether oxygens (including phenoxy) is 1. The van der Waals surface area contributed by atoms with E-state index in [9.17, 15) is 4.79 Å². The fourth-order valence-corrected chi connectivity index (χ4v) is 2.52. The molecule has 0 spiro atoms. The van der Waals surface area contributed by atoms with Gasteiger partial charge in [0.05, 0.1) is 0 Å². The van der Waals surface area contributed by atoms with Gasteiger partial charge in [-0.3, -0.25) is 0 Å². The molecule has 2 N–H and O–H groups in total. The van der Waals surface area contributed by atoms with Crippen molar-refractivity contribution in [3.63, 3.8) is 0 Å². The first kappa shape index (κ1) is 19.1.